The molecule has 33 valence electrons. The van der Waals surface area contributed by atoms with Gasteiger partial charge in [0, 0.05) is 0 Å². The molecule has 0 unspecified atom stereocenters. The van der Waals surface area contributed by atoms with Crippen LogP contribution in [0.15, 0.2) is 0 Å². The van der Waals surface area contributed by atoms with E-state index in [9.17, 15) is 0 Å². The summed E-state index contributed by atoms with van der Waals surface area (Å²) >= 11 is 0. The lowest BCUT2D eigenvalue weighted by atomic mass is 10.8. The summed E-state index contributed by atoms with van der Waals surface area (Å²) in [4.78, 5) is 0. The Hall–Kier alpha value is -0.730. The smallest absolute Gasteiger partial charge is 0.408 e. The number of ether oxygens (including phenoxy) is 2. The third kappa shape index (κ3) is 0.429. The van der Waals surface area contributed by atoms with Gasteiger partial charge in [-0.25, -0.2) is 0 Å². The predicted octanol–water partition coefficient (Wildman–Crippen LogP) is -0.811. The minimum atomic E-state index is -0.296. The molecule has 0 bridgehead atoms. The molecule has 0 aromatic heterocycles. The Labute approximate surface area is 35.4 Å². The van der Waals surface area contributed by atoms with Crippen molar-refractivity contribution in [2.45, 2.75) is 0 Å². The fourth-order valence-electron chi connectivity index (χ4n) is 0.300. The summed E-state index contributed by atoms with van der Waals surface area (Å²) in [6.07, 6.45) is -0.296. The summed E-state index contributed by atoms with van der Waals surface area (Å²) in [5.74, 6) is 0. The van der Waals surface area contributed by atoms with Gasteiger partial charge in [-0.05, 0) is 0 Å². The van der Waals surface area contributed by atoms with Crippen LogP contribution in [0.5, 0.6) is 0 Å². The van der Waals surface area contributed by atoms with E-state index in [1.54, 1.807) is 0 Å². The largest absolute Gasteiger partial charge is 0.446 e. The van der Waals surface area contributed by atoms with Gasteiger partial charge in [-0.15, -0.1) is 0 Å². The van der Waals surface area contributed by atoms with E-state index in [4.69, 9.17) is 5.41 Å². The first-order valence-corrected chi connectivity index (χ1v) is 1.71. The van der Waals surface area contributed by atoms with Crippen molar-refractivity contribution in [3.05, 3.63) is 0 Å². The molecular formula is C3H4NO2. The topological polar surface area (TPSA) is 40.8 Å². The van der Waals surface area contributed by atoms with E-state index >= 15 is 0 Å². The molecule has 3 heteroatoms. The van der Waals surface area contributed by atoms with Crippen molar-refractivity contribution in [1.29, 1.82) is 0 Å². The Morgan fingerprint density at radius 2 is 1.83 bits per heavy atom. The fraction of sp³-hybridized carbons (Fsp3) is 0.667. The second-order valence-corrected chi connectivity index (χ2v) is 0.963. The van der Waals surface area contributed by atoms with Crippen LogP contribution in [0.1, 0.15) is 0 Å². The summed E-state index contributed by atoms with van der Waals surface area (Å²) in [5.41, 5.74) is 0. The van der Waals surface area contributed by atoms with Gasteiger partial charge in [0.2, 0.25) is 0 Å². The zero-order chi connectivity index (χ0) is 4.41. The first-order valence-electron chi connectivity index (χ1n) is 1.71. The standard InChI is InChI=1S/C3H4NO2/c4-3-5-1-2-6-3/h1-2H2. The third-order valence-corrected chi connectivity index (χ3v) is 0.534. The van der Waals surface area contributed by atoms with Crippen LogP contribution in [0.3, 0.4) is 0 Å². The maximum Gasteiger partial charge on any atom is 0.408 e. The third-order valence-electron chi connectivity index (χ3n) is 0.534. The maximum absolute atomic E-state index is 8.20. The second kappa shape index (κ2) is 1.16. The van der Waals surface area contributed by atoms with Crippen LogP contribution in [0.25, 0.3) is 0 Å². The van der Waals surface area contributed by atoms with Gasteiger partial charge in [0.1, 0.15) is 13.2 Å². The number of nitrogens with zero attached hydrogens (tertiary/aromatic N) is 1. The summed E-state index contributed by atoms with van der Waals surface area (Å²) in [6, 6.07) is 0. The summed E-state index contributed by atoms with van der Waals surface area (Å²) in [5, 5.41) is 8.20. The minimum absolute atomic E-state index is 0.296. The van der Waals surface area contributed by atoms with Gasteiger partial charge in [0.05, 0.1) is 0 Å². The van der Waals surface area contributed by atoms with Gasteiger partial charge in [0.25, 0.3) is 0 Å². The van der Waals surface area contributed by atoms with E-state index < -0.39 is 0 Å². The lowest BCUT2D eigenvalue weighted by Crippen LogP contribution is -1.94. The van der Waals surface area contributed by atoms with E-state index in [0.717, 1.165) is 0 Å². The zero-order valence-electron chi connectivity index (χ0n) is 3.18. The summed E-state index contributed by atoms with van der Waals surface area (Å²) in [6.45, 7) is 0.956. The van der Waals surface area contributed by atoms with Crippen molar-refractivity contribution in [3.8, 4) is 0 Å². The molecule has 0 aliphatic carbocycles. The Kier molecular flexibility index (Phi) is 0.670. The van der Waals surface area contributed by atoms with Gasteiger partial charge < -0.3 is 9.47 Å². The first kappa shape index (κ1) is 3.46. The normalized spacial score (nSPS) is 19.7. The van der Waals surface area contributed by atoms with Crippen molar-refractivity contribution < 1.29 is 9.47 Å². The van der Waals surface area contributed by atoms with E-state index in [2.05, 4.69) is 9.47 Å². The van der Waals surface area contributed by atoms with Crippen LogP contribution in [0, 0.1) is 0 Å². The molecule has 1 aliphatic heterocycles. The molecule has 1 radical (unpaired) electrons. The molecule has 0 amide bonds. The van der Waals surface area contributed by atoms with E-state index in [-0.39, 0.29) is 6.08 Å². The van der Waals surface area contributed by atoms with Crippen LogP contribution >= 0.6 is 0 Å². The lowest BCUT2D eigenvalue weighted by Gasteiger charge is -1.82. The van der Waals surface area contributed by atoms with Crippen molar-refractivity contribution in [3.63, 3.8) is 0 Å². The molecule has 1 heterocycles. The van der Waals surface area contributed by atoms with Crippen molar-refractivity contribution >= 4 is 6.08 Å². The van der Waals surface area contributed by atoms with E-state index in [1.165, 1.54) is 0 Å². The maximum atomic E-state index is 8.20. The molecule has 1 saturated heterocycles. The molecule has 3 nitrogen and oxygen atoms in total. The average Bonchev–Trinajstić information content (AvgIpc) is 1.86. The molecule has 1 rings (SSSR count). The molecule has 0 saturated carbocycles. The molecule has 0 N–H and O–H groups in total. The summed E-state index contributed by atoms with van der Waals surface area (Å²) in [7, 11) is 0. The Balaban J connectivity index is 2.37. The predicted molar refractivity (Wildman–Crippen MR) is 19.0 cm³/mol. The van der Waals surface area contributed by atoms with Gasteiger partial charge in [-0.1, -0.05) is 5.41 Å². The van der Waals surface area contributed by atoms with Gasteiger partial charge in [-0.2, -0.15) is 0 Å². The average molecular weight is 86.1 g/mol. The molecular weight excluding hydrogens is 82.0 g/mol. The Morgan fingerprint density at radius 1 is 1.33 bits per heavy atom. The van der Waals surface area contributed by atoms with Gasteiger partial charge in [-0.3, -0.25) is 0 Å². The molecule has 6 heavy (non-hydrogen) atoms. The highest BCUT2D eigenvalue weighted by Gasteiger charge is 2.06. The van der Waals surface area contributed by atoms with Crippen LogP contribution in [-0.2, 0) is 9.47 Å². The monoisotopic (exact) mass is 86.0 g/mol. The molecule has 1 aliphatic rings. The number of hydrogen-bond acceptors (Lipinski definition) is 2. The Morgan fingerprint density at radius 3 is 2.00 bits per heavy atom. The molecule has 0 aromatic rings. The van der Waals surface area contributed by atoms with Crippen LogP contribution in [0.4, 0.5) is 0 Å². The zero-order valence-corrected chi connectivity index (χ0v) is 3.18. The molecule has 1 fully saturated rings. The Bertz CT molecular complexity index is 63.2. The fourth-order valence-corrected chi connectivity index (χ4v) is 0.300. The van der Waals surface area contributed by atoms with Crippen LogP contribution in [-0.4, -0.2) is 19.3 Å². The molecule has 0 spiro atoms. The highest BCUT2D eigenvalue weighted by molar-refractivity contribution is 5.65. The highest BCUT2D eigenvalue weighted by Crippen LogP contribution is 1.88. The van der Waals surface area contributed by atoms with E-state index in [1.807, 2.05) is 0 Å². The number of hydrogen-bond donors (Lipinski definition) is 0. The lowest BCUT2D eigenvalue weighted by molar-refractivity contribution is 0.338. The first-order chi connectivity index (χ1) is 2.89. The van der Waals surface area contributed by atoms with Crippen molar-refractivity contribution in [1.82, 2.24) is 5.41 Å². The minimum Gasteiger partial charge on any atom is -0.446 e. The van der Waals surface area contributed by atoms with Gasteiger partial charge >= 0.3 is 6.08 Å². The van der Waals surface area contributed by atoms with Crippen molar-refractivity contribution in [2.75, 3.05) is 13.2 Å². The molecule has 0 atom stereocenters. The van der Waals surface area contributed by atoms with Crippen LogP contribution in [0.2, 0.25) is 0 Å². The van der Waals surface area contributed by atoms with E-state index in [0.29, 0.717) is 13.2 Å². The van der Waals surface area contributed by atoms with Crippen molar-refractivity contribution in [2.24, 2.45) is 0 Å². The second-order valence-electron chi connectivity index (χ2n) is 0.963. The number of rotatable bonds is 0. The van der Waals surface area contributed by atoms with Gasteiger partial charge in [0.15, 0.2) is 0 Å². The summed E-state index contributed by atoms with van der Waals surface area (Å²) < 4.78 is 8.81. The van der Waals surface area contributed by atoms with Crippen LogP contribution < -0.4 is 5.41 Å². The quantitative estimate of drug-likeness (QED) is 0.387. The highest BCUT2D eigenvalue weighted by atomic mass is 16.7. The molecule has 0 aromatic carbocycles. The SMILES string of the molecule is [N]=C1OCCO1.